The summed E-state index contributed by atoms with van der Waals surface area (Å²) in [6.45, 7) is 4.03. The fraction of sp³-hybridized carbons (Fsp3) is 0.800. The van der Waals surface area contributed by atoms with Crippen molar-refractivity contribution in [3.05, 3.63) is 60.8 Å². The molecule has 0 spiro atoms. The summed E-state index contributed by atoms with van der Waals surface area (Å²) in [5.41, 5.74) is 0. The molecule has 0 saturated heterocycles. The number of esters is 2. The van der Waals surface area contributed by atoms with Crippen LogP contribution in [-0.2, 0) is 19.1 Å². The summed E-state index contributed by atoms with van der Waals surface area (Å²) >= 11 is 0. The third-order valence-electron chi connectivity index (χ3n) is 12.5. The summed E-state index contributed by atoms with van der Waals surface area (Å²) in [6.07, 6.45) is 75.0. The molecule has 0 saturated carbocycles. The number of aliphatic hydroxyl groups is 1. The molecule has 0 aliphatic rings. The highest BCUT2D eigenvalue weighted by Crippen LogP contribution is 2.17. The van der Waals surface area contributed by atoms with Gasteiger partial charge < -0.3 is 14.6 Å². The zero-order valence-electron chi connectivity index (χ0n) is 43.3. The topological polar surface area (TPSA) is 72.8 Å². The molecule has 0 rings (SSSR count). The van der Waals surface area contributed by atoms with E-state index >= 15 is 0 Å². The molecule has 65 heavy (non-hydrogen) atoms. The number of carbonyl (C=O) groups is 2. The van der Waals surface area contributed by atoms with E-state index in [2.05, 4.69) is 74.6 Å². The van der Waals surface area contributed by atoms with Gasteiger partial charge in [0.25, 0.3) is 0 Å². The number of hydrogen-bond donors (Lipinski definition) is 1. The summed E-state index contributed by atoms with van der Waals surface area (Å²) in [5.74, 6) is -0.589. The van der Waals surface area contributed by atoms with Gasteiger partial charge in [0.05, 0.1) is 6.61 Å². The molecule has 1 unspecified atom stereocenters. The highest BCUT2D eigenvalue weighted by molar-refractivity contribution is 5.70. The molecule has 1 atom stereocenters. The van der Waals surface area contributed by atoms with E-state index in [4.69, 9.17) is 9.47 Å². The van der Waals surface area contributed by atoms with Gasteiger partial charge in [-0.05, 0) is 77.0 Å². The molecular formula is C60H108O5. The van der Waals surface area contributed by atoms with Crippen molar-refractivity contribution in [2.24, 2.45) is 0 Å². The molecule has 0 aliphatic heterocycles. The molecule has 1 N–H and O–H groups in total. The van der Waals surface area contributed by atoms with Gasteiger partial charge >= 0.3 is 11.9 Å². The minimum absolute atomic E-state index is 0.0669. The normalized spacial score (nSPS) is 12.6. The first kappa shape index (κ1) is 62.6. The lowest BCUT2D eigenvalue weighted by Gasteiger charge is -2.15. The maximum absolute atomic E-state index is 12.3. The summed E-state index contributed by atoms with van der Waals surface area (Å²) in [7, 11) is 0. The van der Waals surface area contributed by atoms with Crippen molar-refractivity contribution in [3.63, 3.8) is 0 Å². The monoisotopic (exact) mass is 909 g/mol. The molecule has 0 aliphatic carbocycles. The van der Waals surface area contributed by atoms with E-state index in [1.807, 2.05) is 0 Å². The van der Waals surface area contributed by atoms with Gasteiger partial charge in [-0.1, -0.05) is 261 Å². The van der Waals surface area contributed by atoms with E-state index in [0.717, 1.165) is 70.6 Å². The van der Waals surface area contributed by atoms with E-state index < -0.39 is 6.10 Å². The molecule has 0 aromatic rings. The third-order valence-corrected chi connectivity index (χ3v) is 12.5. The third kappa shape index (κ3) is 54.1. The van der Waals surface area contributed by atoms with Crippen molar-refractivity contribution in [2.75, 3.05) is 13.2 Å². The zero-order valence-corrected chi connectivity index (χ0v) is 43.3. The molecule has 0 radical (unpaired) electrons. The van der Waals surface area contributed by atoms with Gasteiger partial charge in [-0.3, -0.25) is 9.59 Å². The average molecular weight is 910 g/mol. The molecule has 0 amide bonds. The molecule has 378 valence electrons. The first-order chi connectivity index (χ1) is 32.1. The zero-order chi connectivity index (χ0) is 47.0. The van der Waals surface area contributed by atoms with E-state index in [-0.39, 0.29) is 25.2 Å². The maximum atomic E-state index is 12.3. The number of rotatable bonds is 52. The van der Waals surface area contributed by atoms with Crippen LogP contribution in [0.4, 0.5) is 0 Å². The minimum atomic E-state index is -0.773. The SMILES string of the molecule is CC/C=C\C/C=C\C/C=C\C/C=C\CCCCCCCCCCCCCCCCCCCCCCCCCCC(=O)OC(CO)COC(=O)CCCCCCC/C=C\CCCCCCC. The lowest BCUT2D eigenvalue weighted by Crippen LogP contribution is -2.28. The lowest BCUT2D eigenvalue weighted by atomic mass is 10.0. The van der Waals surface area contributed by atoms with Crippen LogP contribution in [-0.4, -0.2) is 36.4 Å². The quantitative estimate of drug-likeness (QED) is 0.0374. The van der Waals surface area contributed by atoms with Crippen LogP contribution in [0, 0.1) is 0 Å². The predicted octanol–water partition coefficient (Wildman–Crippen LogP) is 19.0. The van der Waals surface area contributed by atoms with Crippen molar-refractivity contribution in [3.8, 4) is 0 Å². The van der Waals surface area contributed by atoms with E-state index in [1.165, 1.54) is 193 Å². The van der Waals surface area contributed by atoms with Crippen molar-refractivity contribution >= 4 is 11.9 Å². The van der Waals surface area contributed by atoms with Gasteiger partial charge in [-0.15, -0.1) is 0 Å². The van der Waals surface area contributed by atoms with Gasteiger partial charge in [0, 0.05) is 12.8 Å². The van der Waals surface area contributed by atoms with Crippen LogP contribution in [0.3, 0.4) is 0 Å². The van der Waals surface area contributed by atoms with Gasteiger partial charge in [0.2, 0.25) is 0 Å². The molecule has 0 heterocycles. The molecule has 5 nitrogen and oxygen atoms in total. The second-order valence-corrected chi connectivity index (χ2v) is 19.0. The number of carbonyl (C=O) groups excluding carboxylic acids is 2. The van der Waals surface area contributed by atoms with E-state index in [9.17, 15) is 14.7 Å². The Hall–Kier alpha value is -2.40. The Balaban J connectivity index is 3.40. The Morgan fingerprint density at radius 1 is 0.369 bits per heavy atom. The Labute approximate surface area is 404 Å². The molecule has 0 fully saturated rings. The van der Waals surface area contributed by atoms with Crippen LogP contribution in [0.5, 0.6) is 0 Å². The Bertz CT molecular complexity index is 1120. The fourth-order valence-corrected chi connectivity index (χ4v) is 8.31. The highest BCUT2D eigenvalue weighted by Gasteiger charge is 2.16. The standard InChI is InChI=1S/C60H108O5/c1-3-5-7-9-11-13-15-17-19-20-21-22-23-24-25-26-27-28-29-30-31-32-33-34-35-36-37-38-39-40-41-43-45-47-49-51-53-55-60(63)65-58(56-61)57-64-59(62)54-52-50-48-46-44-42-18-16-14-12-10-8-6-4-2/h5,7,11,13,16-19,21-22,58,61H,3-4,6,8-10,12,14-15,20,23-57H2,1-2H3/b7-5-,13-11-,18-16-,19-17-,22-21-. The van der Waals surface area contributed by atoms with Crippen LogP contribution >= 0.6 is 0 Å². The summed E-state index contributed by atoms with van der Waals surface area (Å²) in [6, 6.07) is 0. The molecular weight excluding hydrogens is 801 g/mol. The van der Waals surface area contributed by atoms with Crippen molar-refractivity contribution in [2.45, 2.75) is 296 Å². The average Bonchev–Trinajstić information content (AvgIpc) is 3.31. The first-order valence-corrected chi connectivity index (χ1v) is 28.3. The van der Waals surface area contributed by atoms with Gasteiger partial charge in [-0.2, -0.15) is 0 Å². The summed E-state index contributed by atoms with van der Waals surface area (Å²) in [4.78, 5) is 24.4. The van der Waals surface area contributed by atoms with Crippen LogP contribution in [0.2, 0.25) is 0 Å². The summed E-state index contributed by atoms with van der Waals surface area (Å²) < 4.78 is 10.7. The van der Waals surface area contributed by atoms with Crippen LogP contribution in [0.25, 0.3) is 0 Å². The first-order valence-electron chi connectivity index (χ1n) is 28.3. The Morgan fingerprint density at radius 2 is 0.662 bits per heavy atom. The number of aliphatic hydroxyl groups excluding tert-OH is 1. The van der Waals surface area contributed by atoms with Crippen molar-refractivity contribution in [1.29, 1.82) is 0 Å². The fourth-order valence-electron chi connectivity index (χ4n) is 8.31. The Kier molecular flexibility index (Phi) is 53.9. The smallest absolute Gasteiger partial charge is 0.306 e. The van der Waals surface area contributed by atoms with Crippen molar-refractivity contribution in [1.82, 2.24) is 0 Å². The molecule has 5 heteroatoms. The number of ether oxygens (including phenoxy) is 2. The minimum Gasteiger partial charge on any atom is -0.462 e. The van der Waals surface area contributed by atoms with Crippen molar-refractivity contribution < 1.29 is 24.2 Å². The van der Waals surface area contributed by atoms with E-state index in [1.54, 1.807) is 0 Å². The molecule has 0 aromatic carbocycles. The number of unbranched alkanes of at least 4 members (excludes halogenated alkanes) is 34. The predicted molar refractivity (Wildman–Crippen MR) is 284 cm³/mol. The van der Waals surface area contributed by atoms with Crippen LogP contribution in [0.15, 0.2) is 60.8 Å². The second-order valence-electron chi connectivity index (χ2n) is 19.0. The number of allylic oxidation sites excluding steroid dienone is 10. The molecule has 0 aromatic heterocycles. The molecule has 0 bridgehead atoms. The maximum Gasteiger partial charge on any atom is 0.306 e. The summed E-state index contributed by atoms with van der Waals surface area (Å²) in [5, 5.41) is 9.62. The Morgan fingerprint density at radius 3 is 1.02 bits per heavy atom. The van der Waals surface area contributed by atoms with Gasteiger partial charge in [0.1, 0.15) is 6.61 Å². The van der Waals surface area contributed by atoms with Gasteiger partial charge in [-0.25, -0.2) is 0 Å². The van der Waals surface area contributed by atoms with Crippen LogP contribution < -0.4 is 0 Å². The number of hydrogen-bond acceptors (Lipinski definition) is 5. The van der Waals surface area contributed by atoms with E-state index in [0.29, 0.717) is 12.8 Å². The highest BCUT2D eigenvalue weighted by atomic mass is 16.6. The largest absolute Gasteiger partial charge is 0.462 e. The van der Waals surface area contributed by atoms with Gasteiger partial charge in [0.15, 0.2) is 6.10 Å². The lowest BCUT2D eigenvalue weighted by molar-refractivity contribution is -0.161. The second kappa shape index (κ2) is 55.9. The van der Waals surface area contributed by atoms with Crippen LogP contribution in [0.1, 0.15) is 290 Å².